The number of hydrogen-bond donors (Lipinski definition) is 0. The molecule has 0 fully saturated rings. The van der Waals surface area contributed by atoms with Crippen LogP contribution in [0.1, 0.15) is 34.4 Å². The van der Waals surface area contributed by atoms with Gasteiger partial charge in [-0.3, -0.25) is 4.79 Å². The third-order valence-electron chi connectivity index (χ3n) is 5.68. The van der Waals surface area contributed by atoms with Crippen molar-refractivity contribution in [2.24, 2.45) is 7.05 Å². The highest BCUT2D eigenvalue weighted by Gasteiger charge is 2.20. The average Bonchev–Trinajstić information content (AvgIpc) is 3.12. The van der Waals surface area contributed by atoms with E-state index >= 15 is 0 Å². The third kappa shape index (κ3) is 4.89. The molecule has 3 rings (SSSR count). The summed E-state index contributed by atoms with van der Waals surface area (Å²) >= 11 is 0. The Hall–Kier alpha value is -3.44. The summed E-state index contributed by atoms with van der Waals surface area (Å²) in [5, 5.41) is 14.3. The SMILES string of the molecule is COCCN(Cc1ccc(C#N)cc1)C(=O)CCc1c(C)nc2c(c(OC)nn2C)c1C. The maximum atomic E-state index is 13.1. The van der Waals surface area contributed by atoms with Gasteiger partial charge in [0, 0.05) is 39.4 Å². The first-order valence-corrected chi connectivity index (χ1v) is 10.5. The van der Waals surface area contributed by atoms with Gasteiger partial charge in [0.2, 0.25) is 11.8 Å². The summed E-state index contributed by atoms with van der Waals surface area (Å²) in [7, 11) is 5.07. The highest BCUT2D eigenvalue weighted by Crippen LogP contribution is 2.30. The normalized spacial score (nSPS) is 10.9. The van der Waals surface area contributed by atoms with Crippen molar-refractivity contribution >= 4 is 16.9 Å². The molecule has 0 bridgehead atoms. The summed E-state index contributed by atoms with van der Waals surface area (Å²) in [6.45, 7) is 5.42. The van der Waals surface area contributed by atoms with E-state index in [-0.39, 0.29) is 5.91 Å². The molecule has 0 aliphatic rings. The summed E-state index contributed by atoms with van der Waals surface area (Å²) in [6, 6.07) is 9.41. The summed E-state index contributed by atoms with van der Waals surface area (Å²) in [5.74, 6) is 0.589. The number of fused-ring (bicyclic) bond motifs is 1. The zero-order valence-corrected chi connectivity index (χ0v) is 19.3. The van der Waals surface area contributed by atoms with Crippen molar-refractivity contribution in [2.45, 2.75) is 33.2 Å². The fraction of sp³-hybridized carbons (Fsp3) is 0.417. The molecule has 0 spiro atoms. The number of nitriles is 1. The molecule has 1 amide bonds. The van der Waals surface area contributed by atoms with E-state index in [0.29, 0.717) is 44.0 Å². The second kappa shape index (κ2) is 10.2. The van der Waals surface area contributed by atoms with Crippen LogP contribution in [0.5, 0.6) is 5.88 Å². The second-order valence-corrected chi connectivity index (χ2v) is 7.75. The number of methoxy groups -OCH3 is 2. The van der Waals surface area contributed by atoms with E-state index in [1.54, 1.807) is 35.9 Å². The maximum Gasteiger partial charge on any atom is 0.242 e. The molecule has 0 aliphatic heterocycles. The molecular weight excluding hydrogens is 406 g/mol. The first kappa shape index (κ1) is 23.2. The van der Waals surface area contributed by atoms with Gasteiger partial charge in [0.25, 0.3) is 0 Å². The van der Waals surface area contributed by atoms with Crippen molar-refractivity contribution < 1.29 is 14.3 Å². The molecule has 0 aliphatic carbocycles. The molecule has 2 heterocycles. The monoisotopic (exact) mass is 435 g/mol. The van der Waals surface area contributed by atoms with Gasteiger partial charge in [0.1, 0.15) is 0 Å². The predicted octanol–water partition coefficient (Wildman–Crippen LogP) is 3.07. The number of carbonyl (C=O) groups excluding carboxylic acids is 1. The van der Waals surface area contributed by atoms with Crippen molar-refractivity contribution in [3.63, 3.8) is 0 Å². The van der Waals surface area contributed by atoms with Gasteiger partial charge in [-0.05, 0) is 49.1 Å². The average molecular weight is 436 g/mol. The first-order chi connectivity index (χ1) is 15.4. The van der Waals surface area contributed by atoms with Gasteiger partial charge in [-0.2, -0.15) is 5.26 Å². The Morgan fingerprint density at radius 2 is 1.94 bits per heavy atom. The standard InChI is InChI=1S/C24H29N5O3/c1-16-20(17(2)26-23-22(16)24(32-5)27-28(23)3)10-11-21(30)29(12-13-31-4)15-19-8-6-18(14-25)7-9-19/h6-9H,10-13,15H2,1-5H3. The zero-order chi connectivity index (χ0) is 23.3. The fourth-order valence-corrected chi connectivity index (χ4v) is 3.90. The molecular formula is C24H29N5O3. The van der Waals surface area contributed by atoms with Crippen LogP contribution in [0.3, 0.4) is 0 Å². The quantitative estimate of drug-likeness (QED) is 0.513. The van der Waals surface area contributed by atoms with E-state index < -0.39 is 0 Å². The molecule has 32 heavy (non-hydrogen) atoms. The lowest BCUT2D eigenvalue weighted by Gasteiger charge is -2.23. The highest BCUT2D eigenvalue weighted by molar-refractivity contribution is 5.86. The number of benzene rings is 1. The highest BCUT2D eigenvalue weighted by atomic mass is 16.5. The Balaban J connectivity index is 1.79. The number of nitrogens with zero attached hydrogens (tertiary/aromatic N) is 5. The lowest BCUT2D eigenvalue weighted by Crippen LogP contribution is -2.33. The van der Waals surface area contributed by atoms with E-state index in [9.17, 15) is 4.79 Å². The Morgan fingerprint density at radius 3 is 2.56 bits per heavy atom. The van der Waals surface area contributed by atoms with E-state index in [4.69, 9.17) is 19.7 Å². The summed E-state index contributed by atoms with van der Waals surface area (Å²) in [4.78, 5) is 19.6. The van der Waals surface area contributed by atoms with E-state index in [0.717, 1.165) is 33.4 Å². The molecule has 168 valence electrons. The maximum absolute atomic E-state index is 13.1. The van der Waals surface area contributed by atoms with Gasteiger partial charge in [-0.15, -0.1) is 5.10 Å². The van der Waals surface area contributed by atoms with Crippen LogP contribution in [0.25, 0.3) is 11.0 Å². The van der Waals surface area contributed by atoms with Crippen molar-refractivity contribution in [1.82, 2.24) is 19.7 Å². The molecule has 0 radical (unpaired) electrons. The molecule has 0 N–H and O–H groups in total. The summed E-state index contributed by atoms with van der Waals surface area (Å²) < 4.78 is 12.4. The Labute approximate surface area is 188 Å². The topological polar surface area (TPSA) is 93.3 Å². The lowest BCUT2D eigenvalue weighted by molar-refractivity contribution is -0.132. The molecule has 1 aromatic carbocycles. The Kier molecular flexibility index (Phi) is 7.44. The van der Waals surface area contributed by atoms with E-state index in [1.807, 2.05) is 33.0 Å². The van der Waals surface area contributed by atoms with Crippen LogP contribution in [-0.2, 0) is 29.5 Å². The first-order valence-electron chi connectivity index (χ1n) is 10.5. The van der Waals surface area contributed by atoms with Gasteiger partial charge in [-0.1, -0.05) is 12.1 Å². The van der Waals surface area contributed by atoms with E-state index in [2.05, 4.69) is 11.2 Å². The molecule has 0 saturated carbocycles. The van der Waals surface area contributed by atoms with Crippen LogP contribution < -0.4 is 4.74 Å². The summed E-state index contributed by atoms with van der Waals surface area (Å²) in [5.41, 5.74) is 5.33. The minimum absolute atomic E-state index is 0.0449. The number of hydrogen-bond acceptors (Lipinski definition) is 6. The van der Waals surface area contributed by atoms with Crippen molar-refractivity contribution in [3.05, 3.63) is 52.2 Å². The number of aromatic nitrogens is 3. The second-order valence-electron chi connectivity index (χ2n) is 7.75. The van der Waals surface area contributed by atoms with Crippen LogP contribution in [0.2, 0.25) is 0 Å². The zero-order valence-electron chi connectivity index (χ0n) is 19.3. The van der Waals surface area contributed by atoms with E-state index in [1.165, 1.54) is 0 Å². The molecule has 0 atom stereocenters. The van der Waals surface area contributed by atoms with Crippen LogP contribution >= 0.6 is 0 Å². The van der Waals surface area contributed by atoms with Gasteiger partial charge >= 0.3 is 0 Å². The number of rotatable bonds is 9. The predicted molar refractivity (Wildman–Crippen MR) is 121 cm³/mol. The molecule has 3 aromatic rings. The largest absolute Gasteiger partial charge is 0.479 e. The number of pyridine rings is 1. The molecule has 8 heteroatoms. The van der Waals surface area contributed by atoms with Crippen molar-refractivity contribution in [1.29, 1.82) is 5.26 Å². The van der Waals surface area contributed by atoms with Crippen molar-refractivity contribution in [3.8, 4) is 11.9 Å². The smallest absolute Gasteiger partial charge is 0.242 e. The van der Waals surface area contributed by atoms with Crippen molar-refractivity contribution in [2.75, 3.05) is 27.4 Å². The molecule has 0 unspecified atom stereocenters. The van der Waals surface area contributed by atoms with Crippen LogP contribution in [0.15, 0.2) is 24.3 Å². The van der Waals surface area contributed by atoms with Gasteiger partial charge in [0.05, 0.1) is 30.7 Å². The van der Waals surface area contributed by atoms with Gasteiger partial charge < -0.3 is 14.4 Å². The Bertz CT molecular complexity index is 1150. The van der Waals surface area contributed by atoms with Crippen LogP contribution in [0, 0.1) is 25.2 Å². The molecule has 2 aromatic heterocycles. The van der Waals surface area contributed by atoms with Gasteiger partial charge in [0.15, 0.2) is 5.65 Å². The number of carbonyl (C=O) groups is 1. The number of ether oxygens (including phenoxy) is 2. The number of aryl methyl sites for hydroxylation is 3. The fourth-order valence-electron chi connectivity index (χ4n) is 3.90. The summed E-state index contributed by atoms with van der Waals surface area (Å²) in [6.07, 6.45) is 0.936. The minimum atomic E-state index is 0.0449. The number of amides is 1. The molecule has 8 nitrogen and oxygen atoms in total. The third-order valence-corrected chi connectivity index (χ3v) is 5.68. The Morgan fingerprint density at radius 1 is 1.22 bits per heavy atom. The van der Waals surface area contributed by atoms with Gasteiger partial charge in [-0.25, -0.2) is 9.67 Å². The minimum Gasteiger partial charge on any atom is -0.479 e. The van der Waals surface area contributed by atoms with Crippen LogP contribution in [-0.4, -0.2) is 52.9 Å². The molecule has 0 saturated heterocycles. The van der Waals surface area contributed by atoms with Crippen LogP contribution in [0.4, 0.5) is 0 Å². The lowest BCUT2D eigenvalue weighted by atomic mass is 10.00.